The highest BCUT2D eigenvalue weighted by atomic mass is 32.2. The normalized spacial score (nSPS) is 27.7. The van der Waals surface area contributed by atoms with Gasteiger partial charge in [0.05, 0.1) is 17.8 Å². The molecule has 1 aliphatic carbocycles. The molecular formula is C26H35F3O5S. The Balaban J connectivity index is 1.44. The van der Waals surface area contributed by atoms with E-state index in [4.69, 9.17) is 9.47 Å². The van der Waals surface area contributed by atoms with Crippen molar-refractivity contribution in [2.24, 2.45) is 11.8 Å². The molecule has 1 saturated heterocycles. The van der Waals surface area contributed by atoms with E-state index < -0.39 is 23.9 Å². The van der Waals surface area contributed by atoms with Gasteiger partial charge < -0.3 is 19.7 Å². The van der Waals surface area contributed by atoms with Crippen LogP contribution in [-0.4, -0.2) is 51.6 Å². The van der Waals surface area contributed by atoms with Crippen LogP contribution < -0.4 is 4.74 Å². The minimum Gasteiger partial charge on any atom is -0.491 e. The SMILES string of the molecule is CC(C)OC(=O)CCC[C@H]1CC[C@@H]2[C@@H](C=C[C@@H](O)COc3cccc(C(F)(F)F)c3)[C@H](O)C[C@@H]2S1. The number of esters is 1. The first-order valence-corrected chi connectivity index (χ1v) is 13.2. The predicted octanol–water partition coefficient (Wildman–Crippen LogP) is 5.38. The molecule has 6 atom stereocenters. The van der Waals surface area contributed by atoms with Crippen molar-refractivity contribution in [3.63, 3.8) is 0 Å². The van der Waals surface area contributed by atoms with Crippen LogP contribution in [0.2, 0.25) is 0 Å². The van der Waals surface area contributed by atoms with E-state index in [1.54, 1.807) is 6.08 Å². The van der Waals surface area contributed by atoms with Crippen LogP contribution in [0.3, 0.4) is 0 Å². The molecule has 2 N–H and O–H groups in total. The minimum absolute atomic E-state index is 0.0421. The summed E-state index contributed by atoms with van der Waals surface area (Å²) in [5, 5.41) is 21.7. The van der Waals surface area contributed by atoms with E-state index in [2.05, 4.69) is 0 Å². The van der Waals surface area contributed by atoms with Gasteiger partial charge in [-0.25, -0.2) is 0 Å². The Morgan fingerprint density at radius 2 is 2.06 bits per heavy atom. The highest BCUT2D eigenvalue weighted by Gasteiger charge is 2.44. The van der Waals surface area contributed by atoms with E-state index in [0.29, 0.717) is 29.3 Å². The highest BCUT2D eigenvalue weighted by Crippen LogP contribution is 2.49. The van der Waals surface area contributed by atoms with Gasteiger partial charge in [-0.05, 0) is 70.1 Å². The topological polar surface area (TPSA) is 76.0 Å². The number of halogens is 3. The summed E-state index contributed by atoms with van der Waals surface area (Å²) in [6.45, 7) is 3.51. The molecule has 2 fully saturated rings. The molecule has 35 heavy (non-hydrogen) atoms. The lowest BCUT2D eigenvalue weighted by atomic mass is 9.88. The number of carbonyl (C=O) groups excluding carboxylic acids is 1. The van der Waals surface area contributed by atoms with Crippen molar-refractivity contribution in [1.29, 1.82) is 0 Å². The molecule has 1 saturated carbocycles. The summed E-state index contributed by atoms with van der Waals surface area (Å²) in [5.74, 6) is 0.124. The molecule has 0 spiro atoms. The van der Waals surface area contributed by atoms with Crippen LogP contribution in [0.25, 0.3) is 0 Å². The average molecular weight is 517 g/mol. The molecule has 1 aromatic carbocycles. The first-order valence-electron chi connectivity index (χ1n) is 12.2. The first kappa shape index (κ1) is 27.9. The summed E-state index contributed by atoms with van der Waals surface area (Å²) in [4.78, 5) is 11.7. The van der Waals surface area contributed by atoms with Gasteiger partial charge in [-0.15, -0.1) is 0 Å². The molecule has 0 unspecified atom stereocenters. The van der Waals surface area contributed by atoms with Crippen LogP contribution in [0.15, 0.2) is 36.4 Å². The smallest absolute Gasteiger partial charge is 0.416 e. The Hall–Kier alpha value is -1.71. The number of ether oxygens (including phenoxy) is 2. The van der Waals surface area contributed by atoms with Crippen LogP contribution in [0.5, 0.6) is 5.75 Å². The zero-order valence-corrected chi connectivity index (χ0v) is 20.9. The molecule has 9 heteroatoms. The molecular weight excluding hydrogens is 481 g/mol. The zero-order chi connectivity index (χ0) is 25.6. The fourth-order valence-corrected chi connectivity index (χ4v) is 6.76. The first-order chi connectivity index (χ1) is 16.5. The van der Waals surface area contributed by atoms with Gasteiger partial charge in [0, 0.05) is 22.8 Å². The van der Waals surface area contributed by atoms with Crippen LogP contribution in [-0.2, 0) is 15.7 Å². The molecule has 5 nitrogen and oxygen atoms in total. The summed E-state index contributed by atoms with van der Waals surface area (Å²) in [6.07, 6.45) is 2.21. The van der Waals surface area contributed by atoms with Crippen molar-refractivity contribution < 1.29 is 37.7 Å². The fourth-order valence-electron chi connectivity index (χ4n) is 4.87. The summed E-state index contributed by atoms with van der Waals surface area (Å²) >= 11 is 1.90. The number of aliphatic hydroxyl groups is 2. The predicted molar refractivity (Wildman–Crippen MR) is 129 cm³/mol. The third-order valence-corrected chi connectivity index (χ3v) is 8.24. The van der Waals surface area contributed by atoms with Gasteiger partial charge in [0.25, 0.3) is 0 Å². The van der Waals surface area contributed by atoms with E-state index in [0.717, 1.165) is 37.8 Å². The van der Waals surface area contributed by atoms with E-state index in [1.807, 2.05) is 31.7 Å². The number of rotatable bonds is 10. The van der Waals surface area contributed by atoms with E-state index in [9.17, 15) is 28.2 Å². The largest absolute Gasteiger partial charge is 0.491 e. The van der Waals surface area contributed by atoms with Crippen LogP contribution in [0, 0.1) is 11.8 Å². The summed E-state index contributed by atoms with van der Waals surface area (Å²) in [7, 11) is 0. The van der Waals surface area contributed by atoms with E-state index >= 15 is 0 Å². The van der Waals surface area contributed by atoms with Gasteiger partial charge in [0.1, 0.15) is 18.5 Å². The van der Waals surface area contributed by atoms with E-state index in [1.165, 1.54) is 12.1 Å². The van der Waals surface area contributed by atoms with Crippen molar-refractivity contribution in [1.82, 2.24) is 0 Å². The van der Waals surface area contributed by atoms with Gasteiger partial charge in [-0.3, -0.25) is 4.79 Å². The van der Waals surface area contributed by atoms with Crippen molar-refractivity contribution >= 4 is 17.7 Å². The standard InChI is InChI=1S/C26H35F3O5S/c1-16(2)34-25(32)8-4-7-20-10-12-22-21(23(31)14-24(22)35-20)11-9-18(30)15-33-19-6-3-5-17(13-19)26(27,28)29/h3,5-6,9,11,13,16,18,20-24,30-31H,4,7-8,10,12,14-15H2,1-2H3/t18-,20+,21-,22-,23-,24+/m1/s1. The minimum atomic E-state index is -4.45. The van der Waals surface area contributed by atoms with Crippen LogP contribution >= 0.6 is 11.8 Å². The number of hydrogen-bond acceptors (Lipinski definition) is 6. The number of alkyl halides is 3. The highest BCUT2D eigenvalue weighted by molar-refractivity contribution is 8.00. The molecule has 1 aliphatic heterocycles. The number of aliphatic hydroxyl groups excluding tert-OH is 2. The second-order valence-corrected chi connectivity index (χ2v) is 11.2. The van der Waals surface area contributed by atoms with Gasteiger partial charge in [-0.2, -0.15) is 24.9 Å². The molecule has 2 aliphatic rings. The Morgan fingerprint density at radius 3 is 2.77 bits per heavy atom. The van der Waals surface area contributed by atoms with Gasteiger partial charge in [-0.1, -0.05) is 18.2 Å². The Bertz CT molecular complexity index is 860. The maximum Gasteiger partial charge on any atom is 0.416 e. The van der Waals surface area contributed by atoms with Crippen molar-refractivity contribution in [2.75, 3.05) is 6.61 Å². The van der Waals surface area contributed by atoms with Crippen molar-refractivity contribution in [2.45, 2.75) is 87.4 Å². The van der Waals surface area contributed by atoms with Crippen LogP contribution in [0.1, 0.15) is 57.9 Å². The zero-order valence-electron chi connectivity index (χ0n) is 20.1. The second kappa shape index (κ2) is 12.5. The maximum atomic E-state index is 12.8. The monoisotopic (exact) mass is 516 g/mol. The van der Waals surface area contributed by atoms with Gasteiger partial charge in [0.2, 0.25) is 0 Å². The number of benzene rings is 1. The number of thioether (sulfide) groups is 1. The third kappa shape index (κ3) is 8.43. The number of fused-ring (bicyclic) bond motifs is 1. The second-order valence-electron chi connectivity index (χ2n) is 9.64. The van der Waals surface area contributed by atoms with E-state index in [-0.39, 0.29) is 30.3 Å². The fraction of sp³-hybridized carbons (Fsp3) is 0.654. The average Bonchev–Trinajstić information content (AvgIpc) is 3.09. The third-order valence-electron chi connectivity index (χ3n) is 6.49. The Morgan fingerprint density at radius 1 is 1.29 bits per heavy atom. The summed E-state index contributed by atoms with van der Waals surface area (Å²) in [5.41, 5.74) is -0.802. The lowest BCUT2D eigenvalue weighted by molar-refractivity contribution is -0.147. The van der Waals surface area contributed by atoms with Crippen LogP contribution in [0.4, 0.5) is 13.2 Å². The molecule has 0 aromatic heterocycles. The quantitative estimate of drug-likeness (QED) is 0.321. The molecule has 1 heterocycles. The van der Waals surface area contributed by atoms with Crippen molar-refractivity contribution in [3.8, 4) is 5.75 Å². The Kier molecular flexibility index (Phi) is 9.95. The van der Waals surface area contributed by atoms with Gasteiger partial charge >= 0.3 is 12.1 Å². The molecule has 3 rings (SSSR count). The molecule has 196 valence electrons. The molecule has 1 aromatic rings. The number of carbonyl (C=O) groups is 1. The van der Waals surface area contributed by atoms with Crippen molar-refractivity contribution in [3.05, 3.63) is 42.0 Å². The lowest BCUT2D eigenvalue weighted by Crippen LogP contribution is -2.27. The number of hydrogen-bond donors (Lipinski definition) is 2. The lowest BCUT2D eigenvalue weighted by Gasteiger charge is -2.33. The maximum absolute atomic E-state index is 12.8. The summed E-state index contributed by atoms with van der Waals surface area (Å²) in [6, 6.07) is 4.56. The molecule has 0 bridgehead atoms. The molecule has 0 amide bonds. The Labute approximate surface area is 209 Å². The molecule has 0 radical (unpaired) electrons. The van der Waals surface area contributed by atoms with Gasteiger partial charge in [0.15, 0.2) is 0 Å². The summed E-state index contributed by atoms with van der Waals surface area (Å²) < 4.78 is 49.0.